The van der Waals surface area contributed by atoms with Gasteiger partial charge in [0, 0.05) is 43.5 Å². The molecule has 1 amide bonds. The van der Waals surface area contributed by atoms with E-state index < -0.39 is 11.0 Å². The van der Waals surface area contributed by atoms with E-state index in [2.05, 4.69) is 26.3 Å². The zero-order valence-corrected chi connectivity index (χ0v) is 18.8. The minimum Gasteiger partial charge on any atom is -0.355 e. The van der Waals surface area contributed by atoms with Gasteiger partial charge in [0.05, 0.1) is 16.7 Å². The van der Waals surface area contributed by atoms with Crippen LogP contribution in [0.25, 0.3) is 5.65 Å². The summed E-state index contributed by atoms with van der Waals surface area (Å²) >= 11 is 3.27. The smallest absolute Gasteiger partial charge is 0.244 e. The predicted octanol–water partition coefficient (Wildman–Crippen LogP) is 0.140. The van der Waals surface area contributed by atoms with Crippen LogP contribution in [0.1, 0.15) is 43.0 Å². The SMILES string of the molecule is Cc1cn2nc([C@@H]3CCCCN3C(=O)C(NN)C(N)Br)cc2nc1N1CC[C@H](N)C1. The summed E-state index contributed by atoms with van der Waals surface area (Å²) in [4.78, 5) is 21.5. The van der Waals surface area contributed by atoms with Crippen LogP contribution >= 0.6 is 15.9 Å². The van der Waals surface area contributed by atoms with E-state index in [1.165, 1.54) is 0 Å². The van der Waals surface area contributed by atoms with E-state index >= 15 is 0 Å². The van der Waals surface area contributed by atoms with Gasteiger partial charge in [-0.25, -0.2) is 14.9 Å². The van der Waals surface area contributed by atoms with Crippen LogP contribution in [-0.2, 0) is 4.79 Å². The Balaban J connectivity index is 1.64. The number of aromatic nitrogens is 3. The highest BCUT2D eigenvalue weighted by Crippen LogP contribution is 2.32. The van der Waals surface area contributed by atoms with Gasteiger partial charge in [0.15, 0.2) is 5.65 Å². The zero-order valence-electron chi connectivity index (χ0n) is 17.2. The van der Waals surface area contributed by atoms with Gasteiger partial charge >= 0.3 is 0 Å². The van der Waals surface area contributed by atoms with Crippen molar-refractivity contribution in [2.75, 3.05) is 24.5 Å². The van der Waals surface area contributed by atoms with Gasteiger partial charge in [0.25, 0.3) is 0 Å². The molecule has 0 bridgehead atoms. The van der Waals surface area contributed by atoms with E-state index in [0.29, 0.717) is 6.54 Å². The number of nitrogens with zero attached hydrogens (tertiary/aromatic N) is 5. The fourth-order valence-corrected chi connectivity index (χ4v) is 4.84. The number of alkyl halides is 1. The molecule has 2 unspecified atom stereocenters. The van der Waals surface area contributed by atoms with Crippen LogP contribution < -0.4 is 27.6 Å². The van der Waals surface area contributed by atoms with Gasteiger partial charge in [0.2, 0.25) is 5.91 Å². The number of fused-ring (bicyclic) bond motifs is 1. The first-order valence-corrected chi connectivity index (χ1v) is 11.3. The summed E-state index contributed by atoms with van der Waals surface area (Å²) in [5, 5.41) is 4.77. The lowest BCUT2D eigenvalue weighted by Gasteiger charge is -2.37. The van der Waals surface area contributed by atoms with Crippen molar-refractivity contribution in [3.63, 3.8) is 0 Å². The molecule has 0 radical (unpaired) electrons. The molecule has 2 aliphatic heterocycles. The molecule has 4 rings (SSSR count). The predicted molar refractivity (Wildman–Crippen MR) is 119 cm³/mol. The second-order valence-corrected chi connectivity index (χ2v) is 9.30. The summed E-state index contributed by atoms with van der Waals surface area (Å²) in [6.45, 7) is 4.42. The number of nitrogens with two attached hydrogens (primary N) is 3. The number of halogens is 1. The number of hydrogen-bond acceptors (Lipinski definition) is 8. The van der Waals surface area contributed by atoms with Crippen molar-refractivity contribution in [3.8, 4) is 0 Å². The number of hydrogen-bond donors (Lipinski definition) is 4. The first kappa shape index (κ1) is 21.4. The van der Waals surface area contributed by atoms with Crippen LogP contribution in [0, 0.1) is 6.92 Å². The minimum atomic E-state index is -0.700. The van der Waals surface area contributed by atoms with Crippen LogP contribution in [0.2, 0.25) is 0 Å². The summed E-state index contributed by atoms with van der Waals surface area (Å²) in [5.74, 6) is 6.41. The number of likely N-dealkylation sites (tertiary alicyclic amines) is 1. The van der Waals surface area contributed by atoms with Crippen molar-refractivity contribution in [3.05, 3.63) is 23.5 Å². The molecule has 2 fully saturated rings. The number of amides is 1. The van der Waals surface area contributed by atoms with E-state index in [-0.39, 0.29) is 18.0 Å². The molecule has 2 aromatic heterocycles. The Morgan fingerprint density at radius 1 is 1.33 bits per heavy atom. The first-order valence-electron chi connectivity index (χ1n) is 10.4. The number of carbonyl (C=O) groups is 1. The average molecular weight is 480 g/mol. The van der Waals surface area contributed by atoms with Crippen LogP contribution in [0.4, 0.5) is 5.82 Å². The fraction of sp³-hybridized carbons (Fsp3) is 0.632. The first-order chi connectivity index (χ1) is 14.4. The van der Waals surface area contributed by atoms with Gasteiger partial charge in [-0.2, -0.15) is 5.10 Å². The Morgan fingerprint density at radius 3 is 2.80 bits per heavy atom. The number of carbonyl (C=O) groups excluding carboxylic acids is 1. The summed E-state index contributed by atoms with van der Waals surface area (Å²) in [5.41, 5.74) is 17.2. The van der Waals surface area contributed by atoms with E-state index in [1.807, 2.05) is 24.1 Å². The van der Waals surface area contributed by atoms with Crippen LogP contribution in [0.3, 0.4) is 0 Å². The highest BCUT2D eigenvalue weighted by molar-refractivity contribution is 9.09. The lowest BCUT2D eigenvalue weighted by Crippen LogP contribution is -2.57. The Kier molecular flexibility index (Phi) is 6.26. The standard InChI is InChI=1S/C19H30BrN9O/c1-11-9-29-15(24-18(11)27-7-5-12(21)10-27)8-13(26-29)14-4-2-3-6-28(14)19(30)16(25-23)17(20)22/h8-9,12,14,16-17,25H,2-7,10,21-23H2,1H3/t12-,14-,16?,17?/m0/s1. The summed E-state index contributed by atoms with van der Waals surface area (Å²) < 4.78 is 1.80. The molecule has 2 aliphatic rings. The van der Waals surface area contributed by atoms with Crippen molar-refractivity contribution >= 4 is 33.3 Å². The van der Waals surface area contributed by atoms with Crippen molar-refractivity contribution in [2.24, 2.45) is 17.3 Å². The lowest BCUT2D eigenvalue weighted by atomic mass is 9.98. The molecule has 4 atom stereocenters. The van der Waals surface area contributed by atoms with E-state index in [0.717, 1.165) is 61.5 Å². The molecule has 4 heterocycles. The van der Waals surface area contributed by atoms with E-state index in [9.17, 15) is 4.79 Å². The molecule has 0 saturated carbocycles. The lowest BCUT2D eigenvalue weighted by molar-refractivity contribution is -0.137. The van der Waals surface area contributed by atoms with Crippen molar-refractivity contribution < 1.29 is 4.79 Å². The number of rotatable bonds is 5. The Bertz CT molecular complexity index is 917. The molecular weight excluding hydrogens is 450 g/mol. The largest absolute Gasteiger partial charge is 0.355 e. The Morgan fingerprint density at radius 2 is 2.13 bits per heavy atom. The molecule has 2 aromatic rings. The van der Waals surface area contributed by atoms with Gasteiger partial charge in [-0.1, -0.05) is 15.9 Å². The Labute approximate surface area is 184 Å². The average Bonchev–Trinajstić information content (AvgIpc) is 3.33. The molecule has 10 nitrogen and oxygen atoms in total. The third-order valence-corrected chi connectivity index (χ3v) is 6.57. The maximum Gasteiger partial charge on any atom is 0.244 e. The highest BCUT2D eigenvalue weighted by atomic mass is 79.9. The Hall–Kier alpha value is -1.79. The number of nitrogens with one attached hydrogen (secondary N) is 1. The second kappa shape index (κ2) is 8.75. The monoisotopic (exact) mass is 479 g/mol. The maximum atomic E-state index is 13.1. The van der Waals surface area contributed by atoms with Gasteiger partial charge < -0.3 is 21.3 Å². The van der Waals surface area contributed by atoms with Crippen LogP contribution in [0.15, 0.2) is 12.3 Å². The zero-order chi connectivity index (χ0) is 21.4. The maximum absolute atomic E-state index is 13.1. The summed E-state index contributed by atoms with van der Waals surface area (Å²) in [6.07, 6.45) is 5.80. The van der Waals surface area contributed by atoms with Gasteiger partial charge in [-0.05, 0) is 32.6 Å². The van der Waals surface area contributed by atoms with Gasteiger partial charge in [-0.15, -0.1) is 0 Å². The summed E-state index contributed by atoms with van der Waals surface area (Å²) in [7, 11) is 0. The molecule has 30 heavy (non-hydrogen) atoms. The van der Waals surface area contributed by atoms with Gasteiger partial charge in [-0.3, -0.25) is 10.6 Å². The molecule has 11 heteroatoms. The van der Waals surface area contributed by atoms with Gasteiger partial charge in [0.1, 0.15) is 11.9 Å². The molecule has 164 valence electrons. The molecule has 0 aromatic carbocycles. The number of piperidine rings is 1. The molecular formula is C19H30BrN9O. The van der Waals surface area contributed by atoms with E-state index in [1.54, 1.807) is 4.52 Å². The number of anilines is 1. The number of hydrazine groups is 1. The molecule has 2 saturated heterocycles. The third kappa shape index (κ3) is 4.04. The van der Waals surface area contributed by atoms with Crippen molar-refractivity contribution in [1.82, 2.24) is 24.9 Å². The molecule has 0 aliphatic carbocycles. The normalized spacial score (nSPS) is 24.4. The highest BCUT2D eigenvalue weighted by Gasteiger charge is 2.35. The van der Waals surface area contributed by atoms with Crippen LogP contribution in [-0.4, -0.2) is 62.1 Å². The third-order valence-electron chi connectivity index (χ3n) is 6.04. The molecule has 7 N–H and O–H groups in total. The van der Waals surface area contributed by atoms with Crippen LogP contribution in [0.5, 0.6) is 0 Å². The minimum absolute atomic E-state index is 0.125. The van der Waals surface area contributed by atoms with E-state index in [4.69, 9.17) is 27.4 Å². The topological polar surface area (TPSA) is 144 Å². The summed E-state index contributed by atoms with van der Waals surface area (Å²) in [6, 6.07) is 1.34. The van der Waals surface area contributed by atoms with Crippen molar-refractivity contribution in [1.29, 1.82) is 0 Å². The molecule has 0 spiro atoms. The number of aryl methyl sites for hydroxylation is 1. The second-order valence-electron chi connectivity index (χ2n) is 8.25. The van der Waals surface area contributed by atoms with Crippen molar-refractivity contribution in [2.45, 2.75) is 55.7 Å². The fourth-order valence-electron chi connectivity index (χ4n) is 4.46. The quantitative estimate of drug-likeness (QED) is 0.205.